The van der Waals surface area contributed by atoms with Gasteiger partial charge in [0, 0.05) is 18.5 Å². The van der Waals surface area contributed by atoms with E-state index in [9.17, 15) is 9.90 Å². The van der Waals surface area contributed by atoms with Crippen molar-refractivity contribution < 1.29 is 9.90 Å². The molecular weight excluding hydrogens is 232 g/mol. The molecule has 1 amide bonds. The fourth-order valence-electron chi connectivity index (χ4n) is 1.98. The number of nitrogens with zero attached hydrogens (tertiary/aromatic N) is 2. The zero-order chi connectivity index (χ0) is 13.3. The zero-order valence-corrected chi connectivity index (χ0v) is 10.8. The lowest BCUT2D eigenvalue weighted by molar-refractivity contribution is -0.0511. The Bertz CT molecular complexity index is 444. The molecule has 0 aromatic carbocycles. The number of carbonyl (C=O) groups is 1. The van der Waals surface area contributed by atoms with Crippen molar-refractivity contribution in [2.45, 2.75) is 32.4 Å². The topological polar surface area (TPSA) is 87.1 Å². The summed E-state index contributed by atoms with van der Waals surface area (Å²) in [6, 6.07) is 3.52. The standard InChI is InChI=1S/C12H18N4O2/c1-12(2)8(6-9(12)17)14-10-5-4-7(15-16-10)11(18)13-3/h4-5,8-9,17H,6H2,1-3H3,(H,13,18)(H,14,16). The van der Waals surface area contributed by atoms with E-state index in [-0.39, 0.29) is 29.2 Å². The summed E-state index contributed by atoms with van der Waals surface area (Å²) in [5.41, 5.74) is 0.122. The van der Waals surface area contributed by atoms with E-state index in [1.54, 1.807) is 19.2 Å². The molecule has 3 N–H and O–H groups in total. The van der Waals surface area contributed by atoms with Crippen LogP contribution < -0.4 is 10.6 Å². The van der Waals surface area contributed by atoms with E-state index < -0.39 is 0 Å². The van der Waals surface area contributed by atoms with E-state index in [1.807, 2.05) is 13.8 Å². The number of aliphatic hydroxyl groups is 1. The van der Waals surface area contributed by atoms with Crippen LogP contribution in [0.2, 0.25) is 0 Å². The zero-order valence-electron chi connectivity index (χ0n) is 10.8. The molecule has 0 spiro atoms. The van der Waals surface area contributed by atoms with Gasteiger partial charge in [0.25, 0.3) is 5.91 Å². The highest BCUT2D eigenvalue weighted by molar-refractivity contribution is 5.91. The van der Waals surface area contributed by atoms with Crippen molar-refractivity contribution in [2.24, 2.45) is 5.41 Å². The third-order valence-electron chi connectivity index (χ3n) is 3.66. The molecule has 2 rings (SSSR count). The van der Waals surface area contributed by atoms with Crippen molar-refractivity contribution in [2.75, 3.05) is 12.4 Å². The first-order valence-corrected chi connectivity index (χ1v) is 5.95. The fraction of sp³-hybridized carbons (Fsp3) is 0.583. The highest BCUT2D eigenvalue weighted by atomic mass is 16.3. The first-order chi connectivity index (χ1) is 8.45. The van der Waals surface area contributed by atoms with Gasteiger partial charge in [-0.3, -0.25) is 4.79 Å². The molecule has 0 saturated heterocycles. The molecule has 6 heteroatoms. The summed E-state index contributed by atoms with van der Waals surface area (Å²) >= 11 is 0. The van der Waals surface area contributed by atoms with Crippen molar-refractivity contribution >= 4 is 11.7 Å². The molecule has 6 nitrogen and oxygen atoms in total. The third-order valence-corrected chi connectivity index (χ3v) is 3.66. The molecule has 0 radical (unpaired) electrons. The highest BCUT2D eigenvalue weighted by Gasteiger charge is 2.47. The van der Waals surface area contributed by atoms with Crippen LogP contribution in [-0.4, -0.2) is 40.4 Å². The fourth-order valence-corrected chi connectivity index (χ4v) is 1.98. The number of nitrogens with one attached hydrogen (secondary N) is 2. The van der Waals surface area contributed by atoms with Crippen LogP contribution >= 0.6 is 0 Å². The third kappa shape index (κ3) is 2.15. The molecular formula is C12H18N4O2. The summed E-state index contributed by atoms with van der Waals surface area (Å²) in [4.78, 5) is 11.3. The monoisotopic (exact) mass is 250 g/mol. The number of aliphatic hydroxyl groups excluding tert-OH is 1. The van der Waals surface area contributed by atoms with Crippen molar-refractivity contribution in [3.63, 3.8) is 0 Å². The quantitative estimate of drug-likeness (QED) is 0.723. The van der Waals surface area contributed by atoms with Gasteiger partial charge >= 0.3 is 0 Å². The van der Waals surface area contributed by atoms with Crippen molar-refractivity contribution in [3.05, 3.63) is 17.8 Å². The smallest absolute Gasteiger partial charge is 0.271 e. The van der Waals surface area contributed by atoms with Gasteiger partial charge in [-0.2, -0.15) is 0 Å². The molecule has 98 valence electrons. The molecule has 18 heavy (non-hydrogen) atoms. The van der Waals surface area contributed by atoms with Crippen molar-refractivity contribution in [1.82, 2.24) is 15.5 Å². The predicted molar refractivity (Wildman–Crippen MR) is 67.2 cm³/mol. The Balaban J connectivity index is 2.01. The van der Waals surface area contributed by atoms with Crippen LogP contribution in [0.4, 0.5) is 5.82 Å². The molecule has 1 aliphatic rings. The second-order valence-corrected chi connectivity index (χ2v) is 5.15. The number of amides is 1. The van der Waals surface area contributed by atoms with E-state index >= 15 is 0 Å². The number of rotatable bonds is 3. The molecule has 1 heterocycles. The van der Waals surface area contributed by atoms with E-state index in [4.69, 9.17) is 0 Å². The minimum Gasteiger partial charge on any atom is -0.392 e. The Morgan fingerprint density at radius 1 is 1.44 bits per heavy atom. The summed E-state index contributed by atoms with van der Waals surface area (Å²) in [5, 5.41) is 23.1. The molecule has 2 atom stereocenters. The van der Waals surface area contributed by atoms with Gasteiger partial charge in [-0.05, 0) is 18.6 Å². The maximum absolute atomic E-state index is 11.3. The predicted octanol–water partition coefficient (Wildman–Crippen LogP) is 0.407. The molecule has 1 aromatic rings. The van der Waals surface area contributed by atoms with Gasteiger partial charge in [-0.1, -0.05) is 13.8 Å². The average Bonchev–Trinajstić information content (AvgIpc) is 2.38. The number of aromatic nitrogens is 2. The molecule has 0 bridgehead atoms. The van der Waals surface area contributed by atoms with Gasteiger partial charge < -0.3 is 15.7 Å². The van der Waals surface area contributed by atoms with Crippen molar-refractivity contribution in [3.8, 4) is 0 Å². The second kappa shape index (κ2) is 4.53. The Morgan fingerprint density at radius 2 is 2.17 bits per heavy atom. The first kappa shape index (κ1) is 12.8. The minimum absolute atomic E-state index is 0.166. The van der Waals surface area contributed by atoms with Crippen molar-refractivity contribution in [1.29, 1.82) is 0 Å². The minimum atomic E-state index is -0.284. The summed E-state index contributed by atoms with van der Waals surface area (Å²) in [5.74, 6) is 0.362. The number of anilines is 1. The van der Waals surface area contributed by atoms with Crippen LogP contribution in [0.5, 0.6) is 0 Å². The summed E-state index contributed by atoms with van der Waals surface area (Å²) in [7, 11) is 1.55. The average molecular weight is 250 g/mol. The Hall–Kier alpha value is -1.69. The second-order valence-electron chi connectivity index (χ2n) is 5.15. The maximum atomic E-state index is 11.3. The normalized spacial score (nSPS) is 25.1. The molecule has 1 saturated carbocycles. The van der Waals surface area contributed by atoms with E-state index in [0.29, 0.717) is 12.2 Å². The van der Waals surface area contributed by atoms with E-state index in [1.165, 1.54) is 0 Å². The lowest BCUT2D eigenvalue weighted by Gasteiger charge is -2.49. The lowest BCUT2D eigenvalue weighted by Crippen LogP contribution is -2.57. The van der Waals surface area contributed by atoms with Gasteiger partial charge in [-0.15, -0.1) is 10.2 Å². The van der Waals surface area contributed by atoms with Crippen LogP contribution in [0.25, 0.3) is 0 Å². The Labute approximate surface area is 106 Å². The number of hydrogen-bond acceptors (Lipinski definition) is 5. The summed E-state index contributed by atoms with van der Waals surface area (Å²) in [6.07, 6.45) is 0.416. The lowest BCUT2D eigenvalue weighted by atomic mass is 9.64. The van der Waals surface area contributed by atoms with Gasteiger partial charge in [0.1, 0.15) is 5.82 Å². The van der Waals surface area contributed by atoms with Crippen LogP contribution in [0.3, 0.4) is 0 Å². The van der Waals surface area contributed by atoms with E-state index in [2.05, 4.69) is 20.8 Å². The van der Waals surface area contributed by atoms with Crippen LogP contribution in [0.15, 0.2) is 12.1 Å². The van der Waals surface area contributed by atoms with Crippen LogP contribution in [0, 0.1) is 5.41 Å². The SMILES string of the molecule is CNC(=O)c1ccc(NC2CC(O)C2(C)C)nn1. The first-order valence-electron chi connectivity index (χ1n) is 5.95. The van der Waals surface area contributed by atoms with Gasteiger partial charge in [0.05, 0.1) is 6.10 Å². The molecule has 1 fully saturated rings. The summed E-state index contributed by atoms with van der Waals surface area (Å²) < 4.78 is 0. The van der Waals surface area contributed by atoms with Gasteiger partial charge in [0.2, 0.25) is 0 Å². The largest absolute Gasteiger partial charge is 0.392 e. The number of carbonyl (C=O) groups excluding carboxylic acids is 1. The Morgan fingerprint density at radius 3 is 2.61 bits per heavy atom. The van der Waals surface area contributed by atoms with Crippen LogP contribution in [-0.2, 0) is 0 Å². The van der Waals surface area contributed by atoms with E-state index in [0.717, 1.165) is 0 Å². The molecule has 0 aliphatic heterocycles. The van der Waals surface area contributed by atoms with Gasteiger partial charge in [0.15, 0.2) is 5.69 Å². The molecule has 1 aromatic heterocycles. The number of hydrogen-bond donors (Lipinski definition) is 3. The van der Waals surface area contributed by atoms with Gasteiger partial charge in [-0.25, -0.2) is 0 Å². The maximum Gasteiger partial charge on any atom is 0.271 e. The van der Waals surface area contributed by atoms with Crippen LogP contribution in [0.1, 0.15) is 30.8 Å². The Kier molecular flexibility index (Phi) is 3.21. The summed E-state index contributed by atoms with van der Waals surface area (Å²) in [6.45, 7) is 4.01. The molecule has 2 unspecified atom stereocenters. The highest BCUT2D eigenvalue weighted by Crippen LogP contribution is 2.41. The molecule has 1 aliphatic carbocycles.